The first kappa shape index (κ1) is 9.01. The summed E-state index contributed by atoms with van der Waals surface area (Å²) in [6.45, 7) is 3.83. The Kier molecular flexibility index (Phi) is 5.53. The van der Waals surface area contributed by atoms with Gasteiger partial charge in [-0.25, -0.2) is 4.79 Å². The van der Waals surface area contributed by atoms with Crippen LogP contribution in [0.1, 0.15) is 19.3 Å². The van der Waals surface area contributed by atoms with E-state index in [4.69, 9.17) is 5.11 Å². The molecule has 0 aliphatic heterocycles. The van der Waals surface area contributed by atoms with Gasteiger partial charge in [0.25, 0.3) is 0 Å². The number of ether oxygens (including phenoxy) is 1. The highest BCUT2D eigenvalue weighted by Gasteiger charge is 1.93. The molecule has 0 aromatic heterocycles. The summed E-state index contributed by atoms with van der Waals surface area (Å²) in [5, 5.41) is 8.03. The van der Waals surface area contributed by atoms with Crippen molar-refractivity contribution in [3.05, 3.63) is 12.7 Å². The summed E-state index contributed by atoms with van der Waals surface area (Å²) in [5.74, 6) is 0. The zero-order valence-electron chi connectivity index (χ0n) is 5.88. The van der Waals surface area contributed by atoms with E-state index in [1.165, 1.54) is 0 Å². The average molecular weight is 144 g/mol. The van der Waals surface area contributed by atoms with Gasteiger partial charge in [0.15, 0.2) is 0 Å². The molecule has 0 aromatic carbocycles. The Bertz CT molecular complexity index is 109. The zero-order valence-corrected chi connectivity index (χ0v) is 5.88. The molecule has 0 rings (SSSR count). The van der Waals surface area contributed by atoms with Gasteiger partial charge in [-0.05, 0) is 19.3 Å². The molecule has 0 saturated heterocycles. The quantitative estimate of drug-likeness (QED) is 0.365. The van der Waals surface area contributed by atoms with Crippen molar-refractivity contribution in [3.63, 3.8) is 0 Å². The third-order valence-corrected chi connectivity index (χ3v) is 1.03. The van der Waals surface area contributed by atoms with Gasteiger partial charge in [0, 0.05) is 0 Å². The normalized spacial score (nSPS) is 8.80. The molecule has 0 aromatic rings. The smallest absolute Gasteiger partial charge is 0.450 e. The van der Waals surface area contributed by atoms with Crippen molar-refractivity contribution >= 4 is 6.16 Å². The topological polar surface area (TPSA) is 46.5 Å². The maximum Gasteiger partial charge on any atom is 0.505 e. The molecule has 3 heteroatoms. The van der Waals surface area contributed by atoms with Crippen LogP contribution in [-0.2, 0) is 4.74 Å². The number of carbonyl (C=O) groups is 1. The predicted molar refractivity (Wildman–Crippen MR) is 38.0 cm³/mol. The summed E-state index contributed by atoms with van der Waals surface area (Å²) in [6, 6.07) is 0. The monoisotopic (exact) mass is 144 g/mol. The molecule has 0 atom stereocenters. The SMILES string of the molecule is C=CCCCCOC(=O)O. The molecule has 0 saturated carbocycles. The van der Waals surface area contributed by atoms with E-state index in [-0.39, 0.29) is 0 Å². The Morgan fingerprint density at radius 3 is 2.80 bits per heavy atom. The molecule has 0 bridgehead atoms. The summed E-state index contributed by atoms with van der Waals surface area (Å²) in [4.78, 5) is 9.79. The molecule has 0 aliphatic carbocycles. The number of hydrogen-bond acceptors (Lipinski definition) is 2. The lowest BCUT2D eigenvalue weighted by Crippen LogP contribution is -2.01. The third kappa shape index (κ3) is 7.01. The van der Waals surface area contributed by atoms with E-state index >= 15 is 0 Å². The minimum Gasteiger partial charge on any atom is -0.450 e. The van der Waals surface area contributed by atoms with Crippen molar-refractivity contribution in [2.24, 2.45) is 0 Å². The highest BCUT2D eigenvalue weighted by atomic mass is 16.7. The molecule has 58 valence electrons. The predicted octanol–water partition coefficient (Wildman–Crippen LogP) is 2.04. The lowest BCUT2D eigenvalue weighted by atomic mass is 10.2. The van der Waals surface area contributed by atoms with Gasteiger partial charge in [0.05, 0.1) is 6.61 Å². The van der Waals surface area contributed by atoms with Gasteiger partial charge >= 0.3 is 6.16 Å². The van der Waals surface area contributed by atoms with Crippen LogP contribution in [0.4, 0.5) is 4.79 Å². The van der Waals surface area contributed by atoms with Crippen LogP contribution in [0.2, 0.25) is 0 Å². The second kappa shape index (κ2) is 6.13. The van der Waals surface area contributed by atoms with Crippen molar-refractivity contribution < 1.29 is 14.6 Å². The van der Waals surface area contributed by atoms with Crippen LogP contribution >= 0.6 is 0 Å². The fraction of sp³-hybridized carbons (Fsp3) is 0.571. The van der Waals surface area contributed by atoms with E-state index in [1.54, 1.807) is 6.08 Å². The van der Waals surface area contributed by atoms with Crippen molar-refractivity contribution in [2.45, 2.75) is 19.3 Å². The summed E-state index contributed by atoms with van der Waals surface area (Å²) in [6.07, 6.45) is 3.25. The van der Waals surface area contributed by atoms with Crippen LogP contribution in [0.15, 0.2) is 12.7 Å². The standard InChI is InChI=1S/C7H12O3/c1-2-3-4-5-6-10-7(8)9/h2H,1,3-6H2,(H,8,9). The molecule has 0 unspecified atom stereocenters. The zero-order chi connectivity index (χ0) is 7.82. The summed E-state index contributed by atoms with van der Waals surface area (Å²) in [7, 11) is 0. The maximum absolute atomic E-state index is 9.79. The Morgan fingerprint density at radius 2 is 2.30 bits per heavy atom. The van der Waals surface area contributed by atoms with Crippen molar-refractivity contribution in [3.8, 4) is 0 Å². The highest BCUT2D eigenvalue weighted by Crippen LogP contribution is 1.95. The lowest BCUT2D eigenvalue weighted by molar-refractivity contribution is 0.0902. The first-order valence-corrected chi connectivity index (χ1v) is 3.24. The third-order valence-electron chi connectivity index (χ3n) is 1.03. The van der Waals surface area contributed by atoms with E-state index in [0.717, 1.165) is 19.3 Å². The van der Waals surface area contributed by atoms with Crippen LogP contribution in [-0.4, -0.2) is 17.9 Å². The molecule has 0 aliphatic rings. The summed E-state index contributed by atoms with van der Waals surface area (Å²) in [5.41, 5.74) is 0. The molecule has 10 heavy (non-hydrogen) atoms. The van der Waals surface area contributed by atoms with E-state index in [0.29, 0.717) is 6.61 Å². The Labute approximate surface area is 60.3 Å². The van der Waals surface area contributed by atoms with E-state index < -0.39 is 6.16 Å². The molecule has 0 fully saturated rings. The first-order chi connectivity index (χ1) is 4.77. The molecular weight excluding hydrogens is 132 g/mol. The minimum atomic E-state index is -1.20. The number of unbranched alkanes of at least 4 members (excludes halogenated alkanes) is 2. The van der Waals surface area contributed by atoms with Crippen LogP contribution in [0.3, 0.4) is 0 Å². The average Bonchev–Trinajstić information content (AvgIpc) is 1.87. The Balaban J connectivity index is 2.90. The Morgan fingerprint density at radius 1 is 1.60 bits per heavy atom. The minimum absolute atomic E-state index is 0.295. The molecule has 0 spiro atoms. The fourth-order valence-corrected chi connectivity index (χ4v) is 0.550. The van der Waals surface area contributed by atoms with Crippen LogP contribution < -0.4 is 0 Å². The van der Waals surface area contributed by atoms with Gasteiger partial charge < -0.3 is 9.84 Å². The summed E-state index contributed by atoms with van der Waals surface area (Å²) < 4.78 is 4.27. The Hall–Kier alpha value is -0.990. The van der Waals surface area contributed by atoms with Crippen LogP contribution in [0.25, 0.3) is 0 Å². The second-order valence-corrected chi connectivity index (χ2v) is 1.90. The van der Waals surface area contributed by atoms with Gasteiger partial charge in [-0.2, -0.15) is 0 Å². The number of carboxylic acid groups (broad SMARTS) is 1. The number of allylic oxidation sites excluding steroid dienone is 1. The van der Waals surface area contributed by atoms with Crippen molar-refractivity contribution in [1.29, 1.82) is 0 Å². The van der Waals surface area contributed by atoms with Gasteiger partial charge in [-0.3, -0.25) is 0 Å². The first-order valence-electron chi connectivity index (χ1n) is 3.24. The number of hydrogen-bond donors (Lipinski definition) is 1. The molecule has 0 amide bonds. The summed E-state index contributed by atoms with van der Waals surface area (Å²) >= 11 is 0. The highest BCUT2D eigenvalue weighted by molar-refractivity contribution is 5.56. The number of rotatable bonds is 5. The van der Waals surface area contributed by atoms with Gasteiger partial charge in [-0.15, -0.1) is 6.58 Å². The molecule has 1 N–H and O–H groups in total. The van der Waals surface area contributed by atoms with Gasteiger partial charge in [-0.1, -0.05) is 6.08 Å². The van der Waals surface area contributed by atoms with Crippen molar-refractivity contribution in [2.75, 3.05) is 6.61 Å². The van der Waals surface area contributed by atoms with E-state index in [9.17, 15) is 4.79 Å². The fourth-order valence-electron chi connectivity index (χ4n) is 0.550. The van der Waals surface area contributed by atoms with E-state index in [2.05, 4.69) is 11.3 Å². The van der Waals surface area contributed by atoms with Crippen LogP contribution in [0.5, 0.6) is 0 Å². The maximum atomic E-state index is 9.79. The van der Waals surface area contributed by atoms with E-state index in [1.807, 2.05) is 0 Å². The van der Waals surface area contributed by atoms with Crippen LogP contribution in [0, 0.1) is 0 Å². The van der Waals surface area contributed by atoms with Gasteiger partial charge in [0.2, 0.25) is 0 Å². The largest absolute Gasteiger partial charge is 0.505 e. The molecule has 0 radical (unpaired) electrons. The van der Waals surface area contributed by atoms with Gasteiger partial charge in [0.1, 0.15) is 0 Å². The molecule has 0 heterocycles. The van der Waals surface area contributed by atoms with Crippen molar-refractivity contribution in [1.82, 2.24) is 0 Å². The molecular formula is C7H12O3. The second-order valence-electron chi connectivity index (χ2n) is 1.90. The lowest BCUT2D eigenvalue weighted by Gasteiger charge is -1.97. The molecule has 3 nitrogen and oxygen atoms in total.